The smallest absolute Gasteiger partial charge is 0.108 e. The molecule has 42 heavy (non-hydrogen) atoms. The number of unbranched alkanes of at least 4 members (excludes halogenated alkanes) is 5. The molecular formula is C36H48Cl2N4. The highest BCUT2D eigenvalue weighted by Crippen LogP contribution is 2.47. The molecule has 4 unspecified atom stereocenters. The van der Waals surface area contributed by atoms with E-state index in [4.69, 9.17) is 34.7 Å². The Morgan fingerprint density at radius 2 is 0.952 bits per heavy atom. The number of allylic oxidation sites excluding steroid dienone is 2. The first-order chi connectivity index (χ1) is 20.6. The number of nitrogens with two attached hydrogens (primary N) is 2. The quantitative estimate of drug-likeness (QED) is 0.152. The van der Waals surface area contributed by atoms with Crippen LogP contribution in [0.15, 0.2) is 71.1 Å². The van der Waals surface area contributed by atoms with E-state index >= 15 is 0 Å². The molecule has 6 rings (SSSR count). The molecule has 0 amide bonds. The number of alkyl halides is 2. The Labute approximate surface area is 263 Å². The zero-order chi connectivity index (χ0) is 29.1. The summed E-state index contributed by atoms with van der Waals surface area (Å²) in [5, 5.41) is 0. The van der Waals surface area contributed by atoms with Crippen LogP contribution >= 0.6 is 23.2 Å². The molecule has 6 heteroatoms. The summed E-state index contributed by atoms with van der Waals surface area (Å²) in [6, 6.07) is 17.3. The predicted molar refractivity (Wildman–Crippen MR) is 179 cm³/mol. The zero-order valence-electron chi connectivity index (χ0n) is 25.0. The van der Waals surface area contributed by atoms with Gasteiger partial charge in [0.05, 0.1) is 12.1 Å². The lowest BCUT2D eigenvalue weighted by molar-refractivity contribution is 0.531. The summed E-state index contributed by atoms with van der Waals surface area (Å²) in [4.78, 5) is 4.85. The van der Waals surface area contributed by atoms with E-state index in [9.17, 15) is 0 Å². The minimum Gasteiger partial charge on any atom is -0.328 e. The molecule has 2 aromatic rings. The SMILES string of the molecule is NC1C2=C(CCCC2)N(C(Cl)CCCCCCCCC(Cl)N2C3=C(CCCC3)C(N)c3ccccc32)c2ccccc21. The molecule has 2 aliphatic heterocycles. The largest absolute Gasteiger partial charge is 0.328 e. The maximum Gasteiger partial charge on any atom is 0.108 e. The van der Waals surface area contributed by atoms with Gasteiger partial charge in [-0.2, -0.15) is 0 Å². The van der Waals surface area contributed by atoms with Crippen molar-refractivity contribution in [1.29, 1.82) is 0 Å². The van der Waals surface area contributed by atoms with Gasteiger partial charge in [0.1, 0.15) is 11.0 Å². The van der Waals surface area contributed by atoms with Crippen molar-refractivity contribution in [1.82, 2.24) is 0 Å². The van der Waals surface area contributed by atoms with Crippen molar-refractivity contribution < 1.29 is 0 Å². The molecule has 226 valence electrons. The van der Waals surface area contributed by atoms with Crippen LogP contribution in [0, 0.1) is 0 Å². The molecule has 0 radical (unpaired) electrons. The number of hydrogen-bond donors (Lipinski definition) is 2. The number of hydrogen-bond acceptors (Lipinski definition) is 4. The summed E-state index contributed by atoms with van der Waals surface area (Å²) in [6.07, 6.45) is 18.6. The van der Waals surface area contributed by atoms with Crippen molar-refractivity contribution in [3.05, 3.63) is 82.2 Å². The van der Waals surface area contributed by atoms with Gasteiger partial charge >= 0.3 is 0 Å². The molecule has 0 fully saturated rings. The number of fused-ring (bicyclic) bond motifs is 2. The molecule has 4 aliphatic rings. The lowest BCUT2D eigenvalue weighted by atomic mass is 9.83. The minimum absolute atomic E-state index is 0.0155. The van der Waals surface area contributed by atoms with Crippen LogP contribution in [-0.4, -0.2) is 11.0 Å². The van der Waals surface area contributed by atoms with E-state index in [1.807, 2.05) is 0 Å². The third-order valence-corrected chi connectivity index (χ3v) is 10.9. The van der Waals surface area contributed by atoms with E-state index in [0.717, 1.165) is 51.4 Å². The Bertz CT molecular complexity index is 1200. The summed E-state index contributed by atoms with van der Waals surface area (Å²) in [5.74, 6) is 0. The van der Waals surface area contributed by atoms with Crippen LogP contribution in [0.25, 0.3) is 0 Å². The zero-order valence-corrected chi connectivity index (χ0v) is 26.6. The van der Waals surface area contributed by atoms with Gasteiger partial charge in [0.2, 0.25) is 0 Å². The fraction of sp³-hybridized carbons (Fsp3) is 0.556. The highest BCUT2D eigenvalue weighted by atomic mass is 35.5. The summed E-state index contributed by atoms with van der Waals surface area (Å²) in [6.45, 7) is 0. The summed E-state index contributed by atoms with van der Waals surface area (Å²) in [5.41, 5.74) is 23.9. The average molecular weight is 608 g/mol. The van der Waals surface area contributed by atoms with Crippen molar-refractivity contribution in [2.75, 3.05) is 9.80 Å². The summed E-state index contributed by atoms with van der Waals surface area (Å²) >= 11 is 14.3. The third kappa shape index (κ3) is 6.02. The molecule has 2 aromatic carbocycles. The molecule has 0 aromatic heterocycles. The maximum atomic E-state index is 7.14. The van der Waals surface area contributed by atoms with Gasteiger partial charge in [0.15, 0.2) is 0 Å². The number of anilines is 2. The van der Waals surface area contributed by atoms with Crippen LogP contribution in [0.5, 0.6) is 0 Å². The monoisotopic (exact) mass is 606 g/mol. The van der Waals surface area contributed by atoms with Crippen molar-refractivity contribution in [2.24, 2.45) is 11.5 Å². The highest BCUT2D eigenvalue weighted by Gasteiger charge is 2.35. The number of rotatable bonds is 11. The van der Waals surface area contributed by atoms with Crippen molar-refractivity contribution >= 4 is 34.6 Å². The Morgan fingerprint density at radius 3 is 1.40 bits per heavy atom. The number of nitrogens with zero attached hydrogens (tertiary/aromatic N) is 2. The van der Waals surface area contributed by atoms with Crippen molar-refractivity contribution in [3.8, 4) is 0 Å². The van der Waals surface area contributed by atoms with Crippen molar-refractivity contribution in [3.63, 3.8) is 0 Å². The van der Waals surface area contributed by atoms with Gasteiger partial charge in [-0.1, -0.05) is 98.1 Å². The Hall–Kier alpha value is -1.98. The van der Waals surface area contributed by atoms with Gasteiger partial charge < -0.3 is 21.3 Å². The lowest BCUT2D eigenvalue weighted by Crippen LogP contribution is -2.38. The predicted octanol–water partition coefficient (Wildman–Crippen LogP) is 9.93. The molecule has 4 atom stereocenters. The van der Waals surface area contributed by atoms with Gasteiger partial charge in [0, 0.05) is 22.8 Å². The first-order valence-corrected chi connectivity index (χ1v) is 17.4. The van der Waals surface area contributed by atoms with E-state index in [1.54, 1.807) is 0 Å². The topological polar surface area (TPSA) is 58.5 Å². The van der Waals surface area contributed by atoms with Crippen LogP contribution in [0.1, 0.15) is 126 Å². The first-order valence-electron chi connectivity index (χ1n) is 16.6. The maximum absolute atomic E-state index is 7.14. The number of benzene rings is 2. The number of halogens is 2. The molecule has 4 nitrogen and oxygen atoms in total. The molecular weight excluding hydrogens is 559 g/mol. The molecule has 0 saturated carbocycles. The highest BCUT2D eigenvalue weighted by molar-refractivity contribution is 6.22. The Balaban J connectivity index is 0.963. The normalized spacial score (nSPS) is 23.2. The fourth-order valence-electron chi connectivity index (χ4n) is 7.88. The average Bonchev–Trinajstić information content (AvgIpc) is 3.03. The van der Waals surface area contributed by atoms with Crippen LogP contribution in [0.2, 0.25) is 0 Å². The summed E-state index contributed by atoms with van der Waals surface area (Å²) in [7, 11) is 0. The van der Waals surface area contributed by atoms with Gasteiger partial charge in [-0.15, -0.1) is 0 Å². The summed E-state index contributed by atoms with van der Waals surface area (Å²) < 4.78 is 0. The lowest BCUT2D eigenvalue weighted by Gasteiger charge is -2.43. The minimum atomic E-state index is -0.0155. The second-order valence-corrected chi connectivity index (χ2v) is 13.7. The van der Waals surface area contributed by atoms with Gasteiger partial charge in [-0.05, 0) is 98.6 Å². The second-order valence-electron chi connectivity index (χ2n) is 12.7. The van der Waals surface area contributed by atoms with Crippen LogP contribution in [-0.2, 0) is 0 Å². The molecule has 0 spiro atoms. The fourth-order valence-corrected chi connectivity index (χ4v) is 8.64. The van der Waals surface area contributed by atoms with Gasteiger partial charge in [-0.25, -0.2) is 0 Å². The van der Waals surface area contributed by atoms with Crippen LogP contribution in [0.4, 0.5) is 11.4 Å². The Kier molecular flexibility index (Phi) is 9.85. The molecule has 0 saturated heterocycles. The van der Waals surface area contributed by atoms with Crippen LogP contribution < -0.4 is 21.3 Å². The standard InChI is InChI=1S/C36H48Cl2N4/c37-33(41-29-19-11-7-15-25(29)35(39)26-16-8-12-20-30(26)41)23-5-3-1-2-4-6-24-34(38)42-31-21-13-9-17-27(31)36(40)28-18-10-14-22-32(28)42/h7,9,11,13,15,17,19,21,33-36H,1-6,8,10,12,14,16,18,20,22-24,39-40H2. The van der Waals surface area contributed by atoms with Gasteiger partial charge in [0.25, 0.3) is 0 Å². The van der Waals surface area contributed by atoms with E-state index in [0.29, 0.717) is 0 Å². The second kappa shape index (κ2) is 13.8. The van der Waals surface area contributed by atoms with E-state index < -0.39 is 0 Å². The number of para-hydroxylation sites is 2. The van der Waals surface area contributed by atoms with E-state index in [1.165, 1.54) is 96.4 Å². The first kappa shape index (κ1) is 30.1. The van der Waals surface area contributed by atoms with E-state index in [-0.39, 0.29) is 23.1 Å². The van der Waals surface area contributed by atoms with Gasteiger partial charge in [-0.3, -0.25) is 0 Å². The van der Waals surface area contributed by atoms with E-state index in [2.05, 4.69) is 58.3 Å². The third-order valence-electron chi connectivity index (χ3n) is 10.1. The molecule has 0 bridgehead atoms. The molecule has 4 N–H and O–H groups in total. The molecule has 2 heterocycles. The van der Waals surface area contributed by atoms with Crippen molar-refractivity contribution in [2.45, 2.75) is 126 Å². The molecule has 2 aliphatic carbocycles. The van der Waals surface area contributed by atoms with Crippen LogP contribution in [0.3, 0.4) is 0 Å². The Morgan fingerprint density at radius 1 is 0.571 bits per heavy atom.